The van der Waals surface area contributed by atoms with Gasteiger partial charge in [0.25, 0.3) is 5.56 Å². The monoisotopic (exact) mass is 325 g/mol. The van der Waals surface area contributed by atoms with Gasteiger partial charge in [0.2, 0.25) is 0 Å². The highest BCUT2D eigenvalue weighted by Crippen LogP contribution is 2.31. The van der Waals surface area contributed by atoms with Gasteiger partial charge in [-0.2, -0.15) is 0 Å². The van der Waals surface area contributed by atoms with Gasteiger partial charge < -0.3 is 4.98 Å². The molecule has 1 aliphatic rings. The molecule has 1 aliphatic heterocycles. The van der Waals surface area contributed by atoms with Crippen molar-refractivity contribution < 1.29 is 0 Å². The maximum Gasteiger partial charge on any atom is 0.251 e. The molecule has 0 bridgehead atoms. The van der Waals surface area contributed by atoms with E-state index in [1.807, 2.05) is 6.07 Å². The van der Waals surface area contributed by atoms with Gasteiger partial charge in [-0.3, -0.25) is 9.69 Å². The van der Waals surface area contributed by atoms with Crippen molar-refractivity contribution in [1.29, 1.82) is 0 Å². The lowest BCUT2D eigenvalue weighted by Gasteiger charge is -2.21. The minimum absolute atomic E-state index is 0.0826. The average molecular weight is 325 g/mol. The summed E-state index contributed by atoms with van der Waals surface area (Å²) >= 11 is 0. The summed E-state index contributed by atoms with van der Waals surface area (Å²) < 4.78 is 0. The van der Waals surface area contributed by atoms with Crippen LogP contribution < -0.4 is 5.56 Å². The molecule has 1 aromatic heterocycles. The van der Waals surface area contributed by atoms with E-state index in [4.69, 9.17) is 4.98 Å². The van der Waals surface area contributed by atoms with E-state index < -0.39 is 0 Å². The zero-order chi connectivity index (χ0) is 17.3. The predicted octanol–water partition coefficient (Wildman–Crippen LogP) is 3.79. The van der Waals surface area contributed by atoms with Crippen molar-refractivity contribution in [3.63, 3.8) is 0 Å². The Morgan fingerprint density at radius 3 is 2.71 bits per heavy atom. The van der Waals surface area contributed by atoms with Crippen molar-refractivity contribution in [1.82, 2.24) is 14.9 Å². The second-order valence-electron chi connectivity index (χ2n) is 7.96. The van der Waals surface area contributed by atoms with Crippen LogP contribution in [0.4, 0.5) is 0 Å². The molecule has 0 spiro atoms. The first-order valence-electron chi connectivity index (χ1n) is 8.76. The van der Waals surface area contributed by atoms with Crippen LogP contribution in [0.2, 0.25) is 0 Å². The highest BCUT2D eigenvalue weighted by molar-refractivity contribution is 5.60. The van der Waals surface area contributed by atoms with Crippen LogP contribution >= 0.6 is 0 Å². The number of aromatic nitrogens is 2. The Labute approximate surface area is 143 Å². The van der Waals surface area contributed by atoms with Crippen LogP contribution in [0.3, 0.4) is 0 Å². The van der Waals surface area contributed by atoms with Crippen LogP contribution in [0.15, 0.2) is 35.1 Å². The zero-order valence-corrected chi connectivity index (χ0v) is 15.1. The fourth-order valence-corrected chi connectivity index (χ4v) is 3.39. The van der Waals surface area contributed by atoms with Crippen molar-refractivity contribution in [2.45, 2.75) is 46.6 Å². The molecule has 4 heteroatoms. The van der Waals surface area contributed by atoms with Crippen molar-refractivity contribution in [3.05, 3.63) is 51.9 Å². The summed E-state index contributed by atoms with van der Waals surface area (Å²) in [7, 11) is 0. The summed E-state index contributed by atoms with van der Waals surface area (Å²) in [6.07, 6.45) is 1.23. The van der Waals surface area contributed by atoms with Gasteiger partial charge in [0.05, 0.1) is 5.69 Å². The highest BCUT2D eigenvalue weighted by Gasteiger charge is 2.29. The molecule has 0 amide bonds. The third-order valence-corrected chi connectivity index (χ3v) is 4.78. The van der Waals surface area contributed by atoms with Crippen molar-refractivity contribution >= 4 is 0 Å². The van der Waals surface area contributed by atoms with Crippen LogP contribution in [-0.4, -0.2) is 28.0 Å². The van der Waals surface area contributed by atoms with Gasteiger partial charge in [0.1, 0.15) is 5.82 Å². The first-order valence-corrected chi connectivity index (χ1v) is 8.76. The van der Waals surface area contributed by atoms with Gasteiger partial charge in [0, 0.05) is 24.7 Å². The minimum atomic E-state index is -0.0826. The Kier molecular flexibility index (Phi) is 4.59. The normalized spacial score (nSPS) is 17.5. The number of aromatic amines is 1. The Morgan fingerprint density at radius 2 is 2.04 bits per heavy atom. The molecule has 24 heavy (non-hydrogen) atoms. The number of nitrogens with zero attached hydrogens (tertiary/aromatic N) is 2. The Morgan fingerprint density at radius 1 is 1.29 bits per heavy atom. The summed E-state index contributed by atoms with van der Waals surface area (Å²) in [5, 5.41) is 0. The average Bonchev–Trinajstić information content (AvgIpc) is 2.86. The summed E-state index contributed by atoms with van der Waals surface area (Å²) in [4.78, 5) is 22.1. The summed E-state index contributed by atoms with van der Waals surface area (Å²) in [5.74, 6) is 0.915. The van der Waals surface area contributed by atoms with Gasteiger partial charge >= 0.3 is 0 Å². The number of nitrogens with one attached hydrogen (secondary N) is 1. The van der Waals surface area contributed by atoms with E-state index in [0.717, 1.165) is 30.9 Å². The van der Waals surface area contributed by atoms with Crippen molar-refractivity contribution in [3.8, 4) is 11.4 Å². The van der Waals surface area contributed by atoms with E-state index in [1.165, 1.54) is 12.0 Å². The number of hydrogen-bond donors (Lipinski definition) is 1. The molecule has 0 radical (unpaired) electrons. The van der Waals surface area contributed by atoms with Gasteiger partial charge in [-0.1, -0.05) is 52.0 Å². The number of likely N-dealkylation sites (tertiary alicyclic amines) is 1. The smallest absolute Gasteiger partial charge is 0.251 e. The number of rotatable bonds is 4. The quantitative estimate of drug-likeness (QED) is 0.930. The van der Waals surface area contributed by atoms with Crippen LogP contribution in [0.5, 0.6) is 0 Å². The SMILES string of the molecule is CC(C)c1cc(=O)[nH]c(-c2ccccc2CN2CCC(C)(C)C2)n1. The fraction of sp³-hybridized carbons (Fsp3) is 0.500. The molecule has 2 aromatic rings. The molecule has 2 heterocycles. The zero-order valence-electron chi connectivity index (χ0n) is 15.1. The molecule has 4 nitrogen and oxygen atoms in total. The molecular weight excluding hydrogens is 298 g/mol. The Balaban J connectivity index is 1.94. The Hall–Kier alpha value is -1.94. The van der Waals surface area contributed by atoms with Gasteiger partial charge in [0.15, 0.2) is 0 Å². The van der Waals surface area contributed by atoms with Gasteiger partial charge in [-0.15, -0.1) is 0 Å². The van der Waals surface area contributed by atoms with E-state index in [0.29, 0.717) is 11.2 Å². The summed E-state index contributed by atoms with van der Waals surface area (Å²) in [5.41, 5.74) is 3.40. The number of H-pyrrole nitrogens is 1. The van der Waals surface area contributed by atoms with E-state index in [2.05, 4.69) is 55.8 Å². The predicted molar refractivity (Wildman–Crippen MR) is 98.1 cm³/mol. The molecule has 0 atom stereocenters. The van der Waals surface area contributed by atoms with Crippen LogP contribution in [0, 0.1) is 5.41 Å². The fourth-order valence-electron chi connectivity index (χ4n) is 3.39. The standard InChI is InChI=1S/C20H27N3O/c1-14(2)17-11-18(24)22-19(21-17)16-8-6-5-7-15(16)12-23-10-9-20(3,4)13-23/h5-8,11,14H,9-10,12-13H2,1-4H3,(H,21,22,24). The van der Waals surface area contributed by atoms with E-state index >= 15 is 0 Å². The minimum Gasteiger partial charge on any atom is -0.307 e. The molecule has 3 rings (SSSR count). The van der Waals surface area contributed by atoms with Crippen molar-refractivity contribution in [2.75, 3.05) is 13.1 Å². The molecule has 0 saturated carbocycles. The lowest BCUT2D eigenvalue weighted by molar-refractivity contribution is 0.284. The molecule has 1 N–H and O–H groups in total. The first kappa shape index (κ1) is 16.9. The molecule has 1 aromatic carbocycles. The topological polar surface area (TPSA) is 49.0 Å². The van der Waals surface area contributed by atoms with Crippen LogP contribution in [0.1, 0.15) is 51.3 Å². The molecule has 0 aliphatic carbocycles. The van der Waals surface area contributed by atoms with Gasteiger partial charge in [-0.05, 0) is 29.9 Å². The van der Waals surface area contributed by atoms with E-state index in [9.17, 15) is 4.79 Å². The molecule has 0 unspecified atom stereocenters. The van der Waals surface area contributed by atoms with Crippen molar-refractivity contribution in [2.24, 2.45) is 5.41 Å². The Bertz CT molecular complexity index is 776. The maximum absolute atomic E-state index is 12.0. The third kappa shape index (κ3) is 3.75. The first-order chi connectivity index (χ1) is 11.3. The number of hydrogen-bond acceptors (Lipinski definition) is 3. The van der Waals surface area contributed by atoms with Gasteiger partial charge in [-0.25, -0.2) is 4.98 Å². The summed E-state index contributed by atoms with van der Waals surface area (Å²) in [6, 6.07) is 9.86. The second kappa shape index (κ2) is 6.52. The molecule has 128 valence electrons. The van der Waals surface area contributed by atoms with Crippen LogP contribution in [0.25, 0.3) is 11.4 Å². The highest BCUT2D eigenvalue weighted by atomic mass is 16.1. The molecule has 1 fully saturated rings. The van der Waals surface area contributed by atoms with E-state index in [1.54, 1.807) is 6.07 Å². The lowest BCUT2D eigenvalue weighted by atomic mass is 9.93. The summed E-state index contributed by atoms with van der Waals surface area (Å²) in [6.45, 7) is 11.9. The molecular formula is C20H27N3O. The molecule has 1 saturated heterocycles. The van der Waals surface area contributed by atoms with E-state index in [-0.39, 0.29) is 11.5 Å². The maximum atomic E-state index is 12.0. The second-order valence-corrected chi connectivity index (χ2v) is 7.96. The lowest BCUT2D eigenvalue weighted by Crippen LogP contribution is -2.23. The van der Waals surface area contributed by atoms with Crippen LogP contribution in [-0.2, 0) is 6.54 Å². The number of benzene rings is 1. The third-order valence-electron chi connectivity index (χ3n) is 4.78. The largest absolute Gasteiger partial charge is 0.307 e.